The van der Waals surface area contributed by atoms with Crippen molar-refractivity contribution in [2.45, 2.75) is 32.7 Å². The highest BCUT2D eigenvalue weighted by Gasteiger charge is 2.27. The van der Waals surface area contributed by atoms with Crippen LogP contribution in [0.3, 0.4) is 0 Å². The zero-order valence-electron chi connectivity index (χ0n) is 16.6. The van der Waals surface area contributed by atoms with Gasteiger partial charge in [0.05, 0.1) is 10.6 Å². The van der Waals surface area contributed by atoms with Crippen LogP contribution in [-0.4, -0.2) is 28.8 Å². The van der Waals surface area contributed by atoms with Gasteiger partial charge >= 0.3 is 0 Å². The third-order valence-electron chi connectivity index (χ3n) is 6.00. The van der Waals surface area contributed by atoms with Crippen molar-refractivity contribution in [3.8, 4) is 0 Å². The summed E-state index contributed by atoms with van der Waals surface area (Å²) in [5, 5.41) is 2.06. The van der Waals surface area contributed by atoms with Gasteiger partial charge < -0.3 is 0 Å². The van der Waals surface area contributed by atoms with Gasteiger partial charge in [0.1, 0.15) is 0 Å². The van der Waals surface area contributed by atoms with Crippen molar-refractivity contribution in [3.63, 3.8) is 0 Å². The first-order chi connectivity index (χ1) is 14.2. The second-order valence-corrected chi connectivity index (χ2v) is 8.92. The summed E-state index contributed by atoms with van der Waals surface area (Å²) in [4.78, 5) is 20.8. The number of aromatic nitrogens is 1. The van der Waals surface area contributed by atoms with E-state index in [1.165, 1.54) is 22.3 Å². The Morgan fingerprint density at radius 2 is 1.86 bits per heavy atom. The fourth-order valence-corrected chi connectivity index (χ4v) is 5.31. The second-order valence-electron chi connectivity index (χ2n) is 8.00. The van der Waals surface area contributed by atoms with E-state index < -0.39 is 0 Å². The van der Waals surface area contributed by atoms with Crippen LogP contribution in [0.25, 0.3) is 5.57 Å². The number of rotatable bonds is 2. The SMILES string of the molecule is Cc1ccc(CN2CCC(=C3c4ccccc4CC(=O)c4sccc43)CC2)nc1. The molecule has 1 aliphatic carbocycles. The van der Waals surface area contributed by atoms with Gasteiger partial charge in [-0.1, -0.05) is 35.9 Å². The number of Topliss-reactive ketones (excluding diaryl/α,β-unsaturated/α-hetero) is 1. The zero-order chi connectivity index (χ0) is 19.8. The lowest BCUT2D eigenvalue weighted by Gasteiger charge is -2.30. The molecule has 1 saturated heterocycles. The first kappa shape index (κ1) is 18.5. The summed E-state index contributed by atoms with van der Waals surface area (Å²) >= 11 is 1.59. The van der Waals surface area contributed by atoms with Gasteiger partial charge in [-0.25, -0.2) is 0 Å². The van der Waals surface area contributed by atoms with Gasteiger partial charge in [0.15, 0.2) is 5.78 Å². The lowest BCUT2D eigenvalue weighted by atomic mass is 9.87. The topological polar surface area (TPSA) is 33.2 Å². The molecule has 0 atom stereocenters. The molecule has 29 heavy (non-hydrogen) atoms. The monoisotopic (exact) mass is 400 g/mol. The molecule has 0 N–H and O–H groups in total. The molecular weight excluding hydrogens is 376 g/mol. The van der Waals surface area contributed by atoms with Crippen molar-refractivity contribution in [2.75, 3.05) is 13.1 Å². The van der Waals surface area contributed by atoms with Crippen LogP contribution in [0.2, 0.25) is 0 Å². The Morgan fingerprint density at radius 3 is 2.66 bits per heavy atom. The number of likely N-dealkylation sites (tertiary alicyclic amines) is 1. The summed E-state index contributed by atoms with van der Waals surface area (Å²) in [5.74, 6) is 0.251. The average Bonchev–Trinajstić information content (AvgIpc) is 3.18. The number of hydrogen-bond donors (Lipinski definition) is 0. The van der Waals surface area contributed by atoms with Crippen molar-refractivity contribution < 1.29 is 4.79 Å². The Hall–Kier alpha value is -2.56. The van der Waals surface area contributed by atoms with Crippen LogP contribution in [0, 0.1) is 6.92 Å². The molecule has 1 fully saturated rings. The molecular formula is C25H24N2OS. The van der Waals surface area contributed by atoms with Crippen LogP contribution < -0.4 is 0 Å². The molecule has 5 rings (SSSR count). The number of fused-ring (bicyclic) bond motifs is 2. The zero-order valence-corrected chi connectivity index (χ0v) is 17.5. The number of thiophene rings is 1. The molecule has 4 heteroatoms. The normalized spacial score (nSPS) is 17.1. The number of carbonyl (C=O) groups excluding carboxylic acids is 1. The summed E-state index contributed by atoms with van der Waals surface area (Å²) in [5.41, 5.74) is 8.70. The molecule has 2 aromatic heterocycles. The predicted molar refractivity (Wildman–Crippen MR) is 118 cm³/mol. The van der Waals surface area contributed by atoms with Crippen molar-refractivity contribution in [1.82, 2.24) is 9.88 Å². The number of carbonyl (C=O) groups is 1. The van der Waals surface area contributed by atoms with Crippen LogP contribution >= 0.6 is 11.3 Å². The molecule has 2 aliphatic rings. The lowest BCUT2D eigenvalue weighted by molar-refractivity contribution is 0.0997. The van der Waals surface area contributed by atoms with E-state index in [4.69, 9.17) is 0 Å². The molecule has 0 radical (unpaired) electrons. The Labute approximate surface area is 175 Å². The Bertz CT molecular complexity index is 1080. The largest absolute Gasteiger partial charge is 0.297 e. The van der Waals surface area contributed by atoms with E-state index in [9.17, 15) is 4.79 Å². The molecule has 1 aliphatic heterocycles. The van der Waals surface area contributed by atoms with Crippen LogP contribution in [0.1, 0.15) is 50.5 Å². The number of aryl methyl sites for hydroxylation is 1. The van der Waals surface area contributed by atoms with E-state index >= 15 is 0 Å². The van der Waals surface area contributed by atoms with E-state index in [0.717, 1.165) is 54.2 Å². The van der Waals surface area contributed by atoms with Gasteiger partial charge in [-0.15, -0.1) is 11.3 Å². The molecule has 3 aromatic rings. The number of pyridine rings is 1. The second kappa shape index (κ2) is 7.69. The number of hydrogen-bond acceptors (Lipinski definition) is 4. The Morgan fingerprint density at radius 1 is 1.03 bits per heavy atom. The third-order valence-corrected chi connectivity index (χ3v) is 6.95. The summed E-state index contributed by atoms with van der Waals surface area (Å²) in [6, 6.07) is 14.9. The van der Waals surface area contributed by atoms with Crippen molar-refractivity contribution in [3.05, 3.63) is 92.4 Å². The molecule has 0 saturated carbocycles. The molecule has 3 nitrogen and oxygen atoms in total. The van der Waals surface area contributed by atoms with Crippen molar-refractivity contribution in [1.29, 1.82) is 0 Å². The van der Waals surface area contributed by atoms with Gasteiger partial charge in [-0.3, -0.25) is 14.7 Å². The minimum Gasteiger partial charge on any atom is -0.297 e. The van der Waals surface area contributed by atoms with Gasteiger partial charge in [0.25, 0.3) is 0 Å². The number of benzene rings is 1. The fraction of sp³-hybridized carbons (Fsp3) is 0.280. The first-order valence-corrected chi connectivity index (χ1v) is 11.1. The predicted octanol–water partition coefficient (Wildman–Crippen LogP) is 5.29. The molecule has 146 valence electrons. The van der Waals surface area contributed by atoms with Crippen molar-refractivity contribution >= 4 is 22.7 Å². The van der Waals surface area contributed by atoms with Crippen LogP contribution in [-0.2, 0) is 13.0 Å². The van der Waals surface area contributed by atoms with Crippen molar-refractivity contribution in [2.24, 2.45) is 0 Å². The van der Waals surface area contributed by atoms with E-state index in [-0.39, 0.29) is 5.78 Å². The highest BCUT2D eigenvalue weighted by Crippen LogP contribution is 2.40. The molecule has 0 bridgehead atoms. The highest BCUT2D eigenvalue weighted by molar-refractivity contribution is 7.12. The van der Waals surface area contributed by atoms with Gasteiger partial charge in [-0.05, 0) is 59.5 Å². The average molecular weight is 401 g/mol. The smallest absolute Gasteiger partial charge is 0.177 e. The van der Waals surface area contributed by atoms with Gasteiger partial charge in [-0.2, -0.15) is 0 Å². The lowest BCUT2D eigenvalue weighted by Crippen LogP contribution is -2.31. The minimum atomic E-state index is 0.251. The minimum absolute atomic E-state index is 0.251. The van der Waals surface area contributed by atoms with E-state index in [2.05, 4.69) is 58.6 Å². The summed E-state index contributed by atoms with van der Waals surface area (Å²) in [6.07, 6.45) is 4.54. The maximum Gasteiger partial charge on any atom is 0.177 e. The fourth-order valence-electron chi connectivity index (χ4n) is 4.47. The first-order valence-electron chi connectivity index (χ1n) is 10.2. The third kappa shape index (κ3) is 3.59. The van der Waals surface area contributed by atoms with Crippen LogP contribution in [0.4, 0.5) is 0 Å². The highest BCUT2D eigenvalue weighted by atomic mass is 32.1. The maximum absolute atomic E-state index is 12.8. The van der Waals surface area contributed by atoms with Crippen LogP contribution in [0.5, 0.6) is 0 Å². The van der Waals surface area contributed by atoms with E-state index in [1.807, 2.05) is 12.3 Å². The van der Waals surface area contributed by atoms with Crippen LogP contribution in [0.15, 0.2) is 59.6 Å². The molecule has 0 spiro atoms. The number of nitrogens with zero attached hydrogens (tertiary/aromatic N) is 2. The summed E-state index contributed by atoms with van der Waals surface area (Å²) < 4.78 is 0. The molecule has 0 amide bonds. The standard InChI is InChI=1S/C25H24N2OS/c1-17-6-7-20(26-15-17)16-27-11-8-18(9-12-27)24-21-5-3-2-4-19(21)14-23(28)25-22(24)10-13-29-25/h2-7,10,13,15H,8-9,11-12,14,16H2,1H3. The molecule has 1 aromatic carbocycles. The molecule has 3 heterocycles. The quantitative estimate of drug-likeness (QED) is 0.586. The maximum atomic E-state index is 12.8. The number of piperidine rings is 1. The summed E-state index contributed by atoms with van der Waals surface area (Å²) in [7, 11) is 0. The Balaban J connectivity index is 1.46. The molecule has 0 unspecified atom stereocenters. The van der Waals surface area contributed by atoms with E-state index in [1.54, 1.807) is 11.3 Å². The Kier molecular flexibility index (Phi) is 4.90. The number of ketones is 1. The summed E-state index contributed by atoms with van der Waals surface area (Å²) in [6.45, 7) is 5.04. The van der Waals surface area contributed by atoms with Gasteiger partial charge in [0.2, 0.25) is 0 Å². The van der Waals surface area contributed by atoms with E-state index in [0.29, 0.717) is 6.42 Å². The van der Waals surface area contributed by atoms with Gasteiger partial charge in [0, 0.05) is 37.8 Å².